The fourth-order valence-corrected chi connectivity index (χ4v) is 3.78. The van der Waals surface area contributed by atoms with Crippen molar-refractivity contribution < 1.29 is 0 Å². The summed E-state index contributed by atoms with van der Waals surface area (Å²) in [7, 11) is 1.97. The van der Waals surface area contributed by atoms with Crippen LogP contribution in [0.3, 0.4) is 0 Å². The summed E-state index contributed by atoms with van der Waals surface area (Å²) in [6.45, 7) is 2.75. The molecule has 3 rings (SSSR count). The van der Waals surface area contributed by atoms with Gasteiger partial charge in [-0.25, -0.2) is 0 Å². The lowest BCUT2D eigenvalue weighted by molar-refractivity contribution is 0.725. The fourth-order valence-electron chi connectivity index (χ4n) is 2.73. The minimum atomic E-state index is 0.231. The van der Waals surface area contributed by atoms with E-state index in [2.05, 4.69) is 47.0 Å². The number of rotatable bonds is 6. The molecule has 1 atom stereocenters. The number of thiophene rings is 1. The smallest absolute Gasteiger partial charge is 0.0921 e. The highest BCUT2D eigenvalue weighted by molar-refractivity contribution is 7.14. The largest absolute Gasteiger partial charge is 0.372 e. The minimum Gasteiger partial charge on any atom is -0.372 e. The van der Waals surface area contributed by atoms with E-state index in [4.69, 9.17) is 5.73 Å². The van der Waals surface area contributed by atoms with Gasteiger partial charge in [-0.05, 0) is 30.5 Å². The van der Waals surface area contributed by atoms with Crippen LogP contribution < -0.4 is 11.1 Å². The molecule has 0 saturated carbocycles. The van der Waals surface area contributed by atoms with Gasteiger partial charge < -0.3 is 11.1 Å². The normalized spacial score (nSPS) is 12.3. The summed E-state index contributed by atoms with van der Waals surface area (Å²) in [4.78, 5) is 0. The van der Waals surface area contributed by atoms with Crippen molar-refractivity contribution in [3.8, 4) is 11.3 Å². The number of nitrogens with zero attached hydrogens (tertiary/aromatic N) is 2. The SMILES string of the molecule is Cc1c(-c2ccnn2C)csc1NC(CN)Cc1ccccc1. The molecule has 1 unspecified atom stereocenters. The molecule has 0 fully saturated rings. The van der Waals surface area contributed by atoms with Crippen LogP contribution in [0.4, 0.5) is 5.00 Å². The Bertz CT molecular complexity index is 760. The van der Waals surface area contributed by atoms with Gasteiger partial charge in [-0.2, -0.15) is 5.10 Å². The Balaban J connectivity index is 1.77. The van der Waals surface area contributed by atoms with Crippen LogP contribution in [-0.4, -0.2) is 22.4 Å². The van der Waals surface area contributed by atoms with Gasteiger partial charge in [0.15, 0.2) is 0 Å². The number of aryl methyl sites for hydroxylation is 1. The van der Waals surface area contributed by atoms with E-state index < -0.39 is 0 Å². The molecule has 4 nitrogen and oxygen atoms in total. The first kappa shape index (κ1) is 15.8. The second-order valence-electron chi connectivity index (χ2n) is 5.71. The molecule has 5 heteroatoms. The molecule has 2 aromatic heterocycles. The van der Waals surface area contributed by atoms with E-state index in [1.54, 1.807) is 11.3 Å². The maximum atomic E-state index is 5.97. The number of anilines is 1. The molecule has 0 spiro atoms. The lowest BCUT2D eigenvalue weighted by atomic mass is 10.1. The van der Waals surface area contributed by atoms with Crippen LogP contribution in [0.5, 0.6) is 0 Å². The molecule has 23 heavy (non-hydrogen) atoms. The standard InChI is InChI=1S/C18H22N4S/c1-13-16(17-8-9-20-22(17)2)12-23-18(13)21-15(11-19)10-14-6-4-3-5-7-14/h3-9,12,15,21H,10-11,19H2,1-2H3. The summed E-state index contributed by atoms with van der Waals surface area (Å²) >= 11 is 1.73. The Morgan fingerprint density at radius 1 is 1.26 bits per heavy atom. The van der Waals surface area contributed by atoms with Gasteiger partial charge in [-0.3, -0.25) is 4.68 Å². The van der Waals surface area contributed by atoms with Gasteiger partial charge >= 0.3 is 0 Å². The molecule has 1 aromatic carbocycles. The van der Waals surface area contributed by atoms with Crippen LogP contribution in [0, 0.1) is 6.92 Å². The van der Waals surface area contributed by atoms with E-state index in [1.807, 2.05) is 30.1 Å². The van der Waals surface area contributed by atoms with Gasteiger partial charge in [0.05, 0.1) is 10.7 Å². The highest BCUT2D eigenvalue weighted by Crippen LogP contribution is 2.34. The Hall–Kier alpha value is -2.11. The summed E-state index contributed by atoms with van der Waals surface area (Å²) in [5.74, 6) is 0. The Kier molecular flexibility index (Phi) is 4.79. The molecule has 0 bridgehead atoms. The second-order valence-corrected chi connectivity index (χ2v) is 6.59. The second kappa shape index (κ2) is 6.98. The third-order valence-corrected chi connectivity index (χ3v) is 5.09. The molecule has 0 saturated heterocycles. The molecule has 0 amide bonds. The summed E-state index contributed by atoms with van der Waals surface area (Å²) in [6, 6.07) is 12.7. The van der Waals surface area contributed by atoms with E-state index >= 15 is 0 Å². The van der Waals surface area contributed by atoms with Crippen molar-refractivity contribution in [1.82, 2.24) is 9.78 Å². The zero-order valence-electron chi connectivity index (χ0n) is 13.5. The summed E-state index contributed by atoms with van der Waals surface area (Å²) in [5.41, 5.74) is 10.9. The van der Waals surface area contributed by atoms with Crippen LogP contribution in [0.2, 0.25) is 0 Å². The van der Waals surface area contributed by atoms with Crippen LogP contribution in [0.1, 0.15) is 11.1 Å². The lowest BCUT2D eigenvalue weighted by Crippen LogP contribution is -2.30. The highest BCUT2D eigenvalue weighted by atomic mass is 32.1. The van der Waals surface area contributed by atoms with Crippen molar-refractivity contribution in [2.75, 3.05) is 11.9 Å². The van der Waals surface area contributed by atoms with Crippen molar-refractivity contribution in [2.45, 2.75) is 19.4 Å². The first-order chi connectivity index (χ1) is 11.2. The average molecular weight is 326 g/mol. The maximum Gasteiger partial charge on any atom is 0.0921 e. The first-order valence-corrected chi connectivity index (χ1v) is 8.64. The third kappa shape index (κ3) is 3.46. The molecule has 120 valence electrons. The van der Waals surface area contributed by atoms with Crippen LogP contribution in [-0.2, 0) is 13.5 Å². The molecule has 3 aromatic rings. The van der Waals surface area contributed by atoms with Crippen LogP contribution >= 0.6 is 11.3 Å². The number of benzene rings is 1. The molecule has 2 heterocycles. The third-order valence-electron chi connectivity index (χ3n) is 4.08. The molecule has 0 aliphatic heterocycles. The zero-order chi connectivity index (χ0) is 16.2. The number of hydrogen-bond donors (Lipinski definition) is 2. The van der Waals surface area contributed by atoms with Crippen molar-refractivity contribution in [1.29, 1.82) is 0 Å². The monoisotopic (exact) mass is 326 g/mol. The van der Waals surface area contributed by atoms with E-state index in [9.17, 15) is 0 Å². The fraction of sp³-hybridized carbons (Fsp3) is 0.278. The quantitative estimate of drug-likeness (QED) is 0.729. The van der Waals surface area contributed by atoms with E-state index in [1.165, 1.54) is 21.7 Å². The predicted molar refractivity (Wildman–Crippen MR) is 97.9 cm³/mol. The number of aromatic nitrogens is 2. The van der Waals surface area contributed by atoms with Gasteiger partial charge in [0.2, 0.25) is 0 Å². The highest BCUT2D eigenvalue weighted by Gasteiger charge is 2.15. The van der Waals surface area contributed by atoms with Crippen molar-refractivity contribution in [2.24, 2.45) is 12.8 Å². The minimum absolute atomic E-state index is 0.231. The maximum absolute atomic E-state index is 5.97. The molecule has 3 N–H and O–H groups in total. The molecular formula is C18H22N4S. The number of nitrogens with two attached hydrogens (primary N) is 1. The zero-order valence-corrected chi connectivity index (χ0v) is 14.3. The predicted octanol–water partition coefficient (Wildman–Crippen LogP) is 3.44. The molecular weight excluding hydrogens is 304 g/mol. The Morgan fingerprint density at radius 3 is 2.70 bits per heavy atom. The number of nitrogens with one attached hydrogen (secondary N) is 1. The Morgan fingerprint density at radius 2 is 2.04 bits per heavy atom. The van der Waals surface area contributed by atoms with Crippen LogP contribution in [0.15, 0.2) is 48.0 Å². The topological polar surface area (TPSA) is 55.9 Å². The average Bonchev–Trinajstić information content (AvgIpc) is 3.14. The molecule has 0 aliphatic carbocycles. The van der Waals surface area contributed by atoms with Gasteiger partial charge in [-0.1, -0.05) is 30.3 Å². The summed E-state index contributed by atoms with van der Waals surface area (Å²) in [6.07, 6.45) is 2.76. The van der Waals surface area contributed by atoms with Gasteiger partial charge in [-0.15, -0.1) is 11.3 Å². The first-order valence-electron chi connectivity index (χ1n) is 7.76. The summed E-state index contributed by atoms with van der Waals surface area (Å²) in [5, 5.41) is 11.2. The van der Waals surface area contributed by atoms with Crippen molar-refractivity contribution in [3.63, 3.8) is 0 Å². The van der Waals surface area contributed by atoms with E-state index in [0.717, 1.165) is 12.1 Å². The van der Waals surface area contributed by atoms with Gasteiger partial charge in [0.25, 0.3) is 0 Å². The Labute approximate surface area is 141 Å². The van der Waals surface area contributed by atoms with Crippen molar-refractivity contribution in [3.05, 3.63) is 59.1 Å². The van der Waals surface area contributed by atoms with Gasteiger partial charge in [0, 0.05) is 36.8 Å². The molecule has 0 radical (unpaired) electrons. The van der Waals surface area contributed by atoms with Gasteiger partial charge in [0.1, 0.15) is 0 Å². The molecule has 0 aliphatic rings. The lowest BCUT2D eigenvalue weighted by Gasteiger charge is -2.18. The number of hydrogen-bond acceptors (Lipinski definition) is 4. The van der Waals surface area contributed by atoms with Crippen molar-refractivity contribution >= 4 is 16.3 Å². The van der Waals surface area contributed by atoms with E-state index in [-0.39, 0.29) is 6.04 Å². The van der Waals surface area contributed by atoms with Crippen LogP contribution in [0.25, 0.3) is 11.3 Å². The summed E-state index contributed by atoms with van der Waals surface area (Å²) < 4.78 is 1.91. The van der Waals surface area contributed by atoms with E-state index in [0.29, 0.717) is 6.54 Å².